The molecule has 1 aromatic heterocycles. The standard InChI is InChI=1S/C20H24N2O3S/c1-13-9-15(3)20(10-14(13)2)26(24,25)21-11-19(23)17-12-22(4)18-8-6-5-7-16(17)18/h5-10,12,19,21,23H,11H2,1-4H3/t19-/m1/s1. The number of aliphatic hydroxyl groups excluding tert-OH is 1. The van der Waals surface area contributed by atoms with Crippen molar-refractivity contribution in [1.82, 2.24) is 9.29 Å². The van der Waals surface area contributed by atoms with Crippen LogP contribution in [0.1, 0.15) is 28.4 Å². The Labute approximate surface area is 154 Å². The van der Waals surface area contributed by atoms with Gasteiger partial charge in [-0.05, 0) is 49.6 Å². The number of para-hydroxylation sites is 1. The van der Waals surface area contributed by atoms with Gasteiger partial charge < -0.3 is 9.67 Å². The van der Waals surface area contributed by atoms with E-state index in [1.807, 2.05) is 62.0 Å². The van der Waals surface area contributed by atoms with Gasteiger partial charge in [-0.2, -0.15) is 0 Å². The van der Waals surface area contributed by atoms with Gasteiger partial charge in [-0.3, -0.25) is 0 Å². The lowest BCUT2D eigenvalue weighted by Crippen LogP contribution is -2.29. The molecule has 0 radical (unpaired) electrons. The number of hydrogen-bond donors (Lipinski definition) is 2. The molecule has 6 heteroatoms. The van der Waals surface area contributed by atoms with Crippen LogP contribution in [0.5, 0.6) is 0 Å². The lowest BCUT2D eigenvalue weighted by molar-refractivity contribution is 0.183. The van der Waals surface area contributed by atoms with Gasteiger partial charge in [-0.25, -0.2) is 13.1 Å². The third kappa shape index (κ3) is 3.40. The molecule has 26 heavy (non-hydrogen) atoms. The molecule has 1 atom stereocenters. The van der Waals surface area contributed by atoms with Crippen molar-refractivity contribution in [2.24, 2.45) is 7.05 Å². The lowest BCUT2D eigenvalue weighted by atomic mass is 10.1. The minimum absolute atomic E-state index is 0.0806. The second kappa shape index (κ2) is 6.87. The Morgan fingerprint density at radius 1 is 1.08 bits per heavy atom. The molecule has 0 amide bonds. The summed E-state index contributed by atoms with van der Waals surface area (Å²) < 4.78 is 29.9. The molecule has 0 fully saturated rings. The highest BCUT2D eigenvalue weighted by atomic mass is 32.2. The van der Waals surface area contributed by atoms with Gasteiger partial charge in [-0.15, -0.1) is 0 Å². The first kappa shape index (κ1) is 18.6. The number of rotatable bonds is 5. The molecular formula is C20H24N2O3S. The average Bonchev–Trinajstić information content (AvgIpc) is 2.93. The van der Waals surface area contributed by atoms with Crippen molar-refractivity contribution in [1.29, 1.82) is 0 Å². The van der Waals surface area contributed by atoms with Crippen molar-refractivity contribution in [2.45, 2.75) is 31.8 Å². The Bertz CT molecular complexity index is 1070. The van der Waals surface area contributed by atoms with Gasteiger partial charge in [0, 0.05) is 36.3 Å². The fraction of sp³-hybridized carbons (Fsp3) is 0.300. The summed E-state index contributed by atoms with van der Waals surface area (Å²) in [4.78, 5) is 0.255. The van der Waals surface area contributed by atoms with Gasteiger partial charge in [-0.1, -0.05) is 24.3 Å². The molecule has 0 aliphatic heterocycles. The molecule has 2 aromatic carbocycles. The van der Waals surface area contributed by atoms with Crippen LogP contribution in [0.2, 0.25) is 0 Å². The highest BCUT2D eigenvalue weighted by Crippen LogP contribution is 2.26. The van der Waals surface area contributed by atoms with E-state index in [2.05, 4.69) is 4.72 Å². The van der Waals surface area contributed by atoms with E-state index in [1.165, 1.54) is 0 Å². The van der Waals surface area contributed by atoms with E-state index in [-0.39, 0.29) is 11.4 Å². The van der Waals surface area contributed by atoms with Crippen LogP contribution in [0.25, 0.3) is 10.9 Å². The minimum Gasteiger partial charge on any atom is -0.387 e. The third-order valence-corrected chi connectivity index (χ3v) is 6.40. The Hall–Kier alpha value is -2.15. The number of nitrogens with one attached hydrogen (secondary N) is 1. The van der Waals surface area contributed by atoms with Crippen LogP contribution in [-0.2, 0) is 17.1 Å². The van der Waals surface area contributed by atoms with Crippen molar-refractivity contribution in [3.63, 3.8) is 0 Å². The second-order valence-electron chi connectivity index (χ2n) is 6.78. The van der Waals surface area contributed by atoms with Crippen LogP contribution in [-0.4, -0.2) is 24.6 Å². The normalized spacial score (nSPS) is 13.3. The van der Waals surface area contributed by atoms with Crippen molar-refractivity contribution >= 4 is 20.9 Å². The summed E-state index contributed by atoms with van der Waals surface area (Å²) in [5, 5.41) is 11.5. The first-order chi connectivity index (χ1) is 12.2. The zero-order valence-electron chi connectivity index (χ0n) is 15.4. The maximum atomic E-state index is 12.7. The van der Waals surface area contributed by atoms with Gasteiger partial charge in [0.1, 0.15) is 0 Å². The van der Waals surface area contributed by atoms with Crippen LogP contribution >= 0.6 is 0 Å². The first-order valence-corrected chi connectivity index (χ1v) is 9.98. The van der Waals surface area contributed by atoms with E-state index in [1.54, 1.807) is 13.0 Å². The Kier molecular flexibility index (Phi) is 4.92. The number of aliphatic hydroxyl groups is 1. The summed E-state index contributed by atoms with van der Waals surface area (Å²) in [7, 11) is -1.79. The smallest absolute Gasteiger partial charge is 0.240 e. The van der Waals surface area contributed by atoms with E-state index in [0.29, 0.717) is 11.1 Å². The summed E-state index contributed by atoms with van der Waals surface area (Å²) >= 11 is 0. The molecule has 0 aliphatic rings. The molecule has 0 aliphatic carbocycles. The maximum absolute atomic E-state index is 12.7. The van der Waals surface area contributed by atoms with Crippen molar-refractivity contribution in [2.75, 3.05) is 6.54 Å². The van der Waals surface area contributed by atoms with Gasteiger partial charge in [0.2, 0.25) is 10.0 Å². The number of aromatic nitrogens is 1. The number of sulfonamides is 1. The predicted octanol–water partition coefficient (Wildman–Crippen LogP) is 3.12. The SMILES string of the molecule is Cc1cc(C)c(S(=O)(=O)NC[C@@H](O)c2cn(C)c3ccccc23)cc1C. The molecule has 138 valence electrons. The third-order valence-electron chi connectivity index (χ3n) is 4.83. The molecule has 2 N–H and O–H groups in total. The lowest BCUT2D eigenvalue weighted by Gasteiger charge is -2.14. The summed E-state index contributed by atoms with van der Waals surface area (Å²) in [6.45, 7) is 5.54. The summed E-state index contributed by atoms with van der Waals surface area (Å²) in [5.41, 5.74) is 4.38. The van der Waals surface area contributed by atoms with E-state index >= 15 is 0 Å². The molecule has 0 unspecified atom stereocenters. The zero-order chi connectivity index (χ0) is 19.1. The van der Waals surface area contributed by atoms with Crippen molar-refractivity contribution in [3.8, 4) is 0 Å². The van der Waals surface area contributed by atoms with Crippen LogP contribution < -0.4 is 4.72 Å². The van der Waals surface area contributed by atoms with E-state index < -0.39 is 16.1 Å². The highest BCUT2D eigenvalue weighted by Gasteiger charge is 2.21. The van der Waals surface area contributed by atoms with Crippen LogP contribution in [0, 0.1) is 20.8 Å². The molecular weight excluding hydrogens is 348 g/mol. The molecule has 0 spiro atoms. The Morgan fingerprint density at radius 2 is 1.73 bits per heavy atom. The molecule has 0 bridgehead atoms. The van der Waals surface area contributed by atoms with E-state index in [0.717, 1.165) is 22.0 Å². The number of hydrogen-bond acceptors (Lipinski definition) is 3. The van der Waals surface area contributed by atoms with E-state index in [4.69, 9.17) is 0 Å². The summed E-state index contributed by atoms with van der Waals surface area (Å²) in [6, 6.07) is 11.3. The zero-order valence-corrected chi connectivity index (χ0v) is 16.3. The van der Waals surface area contributed by atoms with E-state index in [9.17, 15) is 13.5 Å². The molecule has 0 saturated heterocycles. The molecule has 3 rings (SSSR count). The second-order valence-corrected chi connectivity index (χ2v) is 8.52. The Morgan fingerprint density at radius 3 is 2.46 bits per heavy atom. The molecule has 5 nitrogen and oxygen atoms in total. The van der Waals surface area contributed by atoms with Crippen LogP contribution in [0.4, 0.5) is 0 Å². The fourth-order valence-electron chi connectivity index (χ4n) is 3.24. The van der Waals surface area contributed by atoms with Crippen LogP contribution in [0.3, 0.4) is 0 Å². The van der Waals surface area contributed by atoms with Crippen molar-refractivity contribution < 1.29 is 13.5 Å². The quantitative estimate of drug-likeness (QED) is 0.723. The first-order valence-electron chi connectivity index (χ1n) is 8.50. The monoisotopic (exact) mass is 372 g/mol. The van der Waals surface area contributed by atoms with Crippen molar-refractivity contribution in [3.05, 3.63) is 64.8 Å². The van der Waals surface area contributed by atoms with Gasteiger partial charge in [0.25, 0.3) is 0 Å². The maximum Gasteiger partial charge on any atom is 0.240 e. The number of benzene rings is 2. The summed E-state index contributed by atoms with van der Waals surface area (Å²) in [6.07, 6.45) is 0.910. The minimum atomic E-state index is -3.70. The fourth-order valence-corrected chi connectivity index (χ4v) is 4.59. The largest absolute Gasteiger partial charge is 0.387 e. The summed E-state index contributed by atoms with van der Waals surface area (Å²) in [5.74, 6) is 0. The molecule has 1 heterocycles. The number of aryl methyl sites for hydroxylation is 4. The average molecular weight is 372 g/mol. The topological polar surface area (TPSA) is 71.3 Å². The van der Waals surface area contributed by atoms with Gasteiger partial charge >= 0.3 is 0 Å². The molecule has 3 aromatic rings. The number of fused-ring (bicyclic) bond motifs is 1. The number of nitrogens with zero attached hydrogens (tertiary/aromatic N) is 1. The van der Waals surface area contributed by atoms with Crippen LogP contribution in [0.15, 0.2) is 47.5 Å². The van der Waals surface area contributed by atoms with Gasteiger partial charge in [0.05, 0.1) is 11.0 Å². The van der Waals surface area contributed by atoms with Gasteiger partial charge in [0.15, 0.2) is 0 Å². The molecule has 0 saturated carbocycles. The predicted molar refractivity (Wildman–Crippen MR) is 104 cm³/mol. The highest BCUT2D eigenvalue weighted by molar-refractivity contribution is 7.89. The Balaban J connectivity index is 1.84.